The van der Waals surface area contributed by atoms with Crippen molar-refractivity contribution in [2.75, 3.05) is 41.8 Å². The van der Waals surface area contributed by atoms with Gasteiger partial charge in [0.2, 0.25) is 5.91 Å². The molecule has 9 heteroatoms. The van der Waals surface area contributed by atoms with Crippen molar-refractivity contribution in [3.05, 3.63) is 53.6 Å². The number of aliphatic hydroxyl groups is 1. The van der Waals surface area contributed by atoms with E-state index in [1.165, 1.54) is 4.90 Å². The molecule has 34 heavy (non-hydrogen) atoms. The zero-order chi connectivity index (χ0) is 24.2. The number of aryl methyl sites for hydroxylation is 1. The summed E-state index contributed by atoms with van der Waals surface area (Å²) in [6.45, 7) is 2.90. The van der Waals surface area contributed by atoms with Crippen molar-refractivity contribution in [1.29, 1.82) is 0 Å². The van der Waals surface area contributed by atoms with Crippen molar-refractivity contribution >= 4 is 34.9 Å². The van der Waals surface area contributed by atoms with E-state index in [-0.39, 0.29) is 25.5 Å². The van der Waals surface area contributed by atoms with E-state index < -0.39 is 24.1 Å². The number of hydrogen-bond acceptors (Lipinski definition) is 5. The minimum Gasteiger partial charge on any atom is -0.391 e. The van der Waals surface area contributed by atoms with Gasteiger partial charge in [-0.15, -0.1) is 6.42 Å². The number of carbonyl (C=O) groups is 3. The molecule has 0 bridgehead atoms. The average molecular weight is 463 g/mol. The number of nitrogens with zero attached hydrogens (tertiary/aromatic N) is 2. The summed E-state index contributed by atoms with van der Waals surface area (Å²) < 4.78 is 5.18. The third-order valence-corrected chi connectivity index (χ3v) is 5.89. The molecule has 176 valence electrons. The highest BCUT2D eigenvalue weighted by Crippen LogP contribution is 2.26. The molecule has 2 fully saturated rings. The first-order chi connectivity index (χ1) is 16.4. The van der Waals surface area contributed by atoms with E-state index in [2.05, 4.69) is 16.6 Å². The molecule has 4 rings (SSSR count). The molecule has 2 atom stereocenters. The summed E-state index contributed by atoms with van der Waals surface area (Å²) in [4.78, 5) is 41.0. The van der Waals surface area contributed by atoms with E-state index in [9.17, 15) is 19.5 Å². The fourth-order valence-electron chi connectivity index (χ4n) is 4.17. The molecule has 2 aromatic rings. The highest BCUT2D eigenvalue weighted by atomic mass is 16.5. The summed E-state index contributed by atoms with van der Waals surface area (Å²) in [5.41, 5.74) is 3.35. The van der Waals surface area contributed by atoms with Crippen molar-refractivity contribution in [3.63, 3.8) is 0 Å². The van der Waals surface area contributed by atoms with Crippen LogP contribution in [-0.4, -0.2) is 66.3 Å². The minimum atomic E-state index is -0.833. The van der Waals surface area contributed by atoms with Crippen LogP contribution in [0.4, 0.5) is 21.9 Å². The van der Waals surface area contributed by atoms with Crippen LogP contribution < -0.4 is 15.5 Å². The van der Waals surface area contributed by atoms with Gasteiger partial charge in [-0.2, -0.15) is 0 Å². The van der Waals surface area contributed by atoms with Gasteiger partial charge in [-0.3, -0.25) is 9.59 Å². The molecular weight excluding hydrogens is 436 g/mol. The van der Waals surface area contributed by atoms with E-state index in [0.717, 1.165) is 11.3 Å². The minimum absolute atomic E-state index is 0.0451. The van der Waals surface area contributed by atoms with Gasteiger partial charge in [0, 0.05) is 42.1 Å². The lowest BCUT2D eigenvalue weighted by Gasteiger charge is -2.28. The molecular formula is C25H26N4O5. The largest absolute Gasteiger partial charge is 0.391 e. The van der Waals surface area contributed by atoms with Crippen LogP contribution in [0.3, 0.4) is 0 Å². The maximum absolute atomic E-state index is 13.0. The Hall–Kier alpha value is -3.87. The Labute approximate surface area is 197 Å². The molecule has 2 aliphatic rings. The predicted octanol–water partition coefficient (Wildman–Crippen LogP) is 1.95. The standard InChI is InChI=1S/C25H26N4O5/c1-3-17-4-6-18(7-5-17)27-25(33)29-14-20(30)13-22(29)24(32)26-19-8-9-21(16(2)12-19)28-10-11-34-15-23(28)31/h1,4-9,12,20,22,30H,10-11,13-15H2,2H3,(H,26,32)(H,27,33). The van der Waals surface area contributed by atoms with Crippen LogP contribution in [0.25, 0.3) is 0 Å². The average Bonchev–Trinajstić information content (AvgIpc) is 3.22. The molecule has 0 saturated carbocycles. The van der Waals surface area contributed by atoms with E-state index in [1.54, 1.807) is 47.4 Å². The van der Waals surface area contributed by atoms with Gasteiger partial charge < -0.3 is 30.3 Å². The van der Waals surface area contributed by atoms with Gasteiger partial charge in [0.25, 0.3) is 5.91 Å². The third-order valence-electron chi connectivity index (χ3n) is 5.89. The van der Waals surface area contributed by atoms with Crippen molar-refractivity contribution in [1.82, 2.24) is 4.90 Å². The number of likely N-dealkylation sites (tertiary alicyclic amines) is 1. The van der Waals surface area contributed by atoms with Gasteiger partial charge in [-0.05, 0) is 55.0 Å². The van der Waals surface area contributed by atoms with Crippen LogP contribution in [0.1, 0.15) is 17.5 Å². The van der Waals surface area contributed by atoms with Crippen LogP contribution in [0.2, 0.25) is 0 Å². The number of aliphatic hydroxyl groups excluding tert-OH is 1. The van der Waals surface area contributed by atoms with Crippen LogP contribution >= 0.6 is 0 Å². The molecule has 2 unspecified atom stereocenters. The second-order valence-electron chi connectivity index (χ2n) is 8.30. The number of ether oxygens (including phenoxy) is 1. The van der Waals surface area contributed by atoms with Crippen molar-refractivity contribution in [3.8, 4) is 12.3 Å². The molecule has 9 nitrogen and oxygen atoms in total. The second-order valence-corrected chi connectivity index (χ2v) is 8.30. The normalized spacial score (nSPS) is 20.1. The smallest absolute Gasteiger partial charge is 0.322 e. The summed E-state index contributed by atoms with van der Waals surface area (Å²) >= 11 is 0. The van der Waals surface area contributed by atoms with Gasteiger partial charge in [0.1, 0.15) is 12.6 Å². The summed E-state index contributed by atoms with van der Waals surface area (Å²) in [7, 11) is 0. The quantitative estimate of drug-likeness (QED) is 0.602. The monoisotopic (exact) mass is 462 g/mol. The third kappa shape index (κ3) is 5.03. The molecule has 2 aromatic carbocycles. The van der Waals surface area contributed by atoms with Crippen molar-refractivity contribution in [2.24, 2.45) is 0 Å². The predicted molar refractivity (Wildman–Crippen MR) is 127 cm³/mol. The number of rotatable bonds is 4. The summed E-state index contributed by atoms with van der Waals surface area (Å²) in [6, 6.07) is 10.7. The van der Waals surface area contributed by atoms with E-state index in [1.807, 2.05) is 6.92 Å². The summed E-state index contributed by atoms with van der Waals surface area (Å²) in [5, 5.41) is 15.7. The fourth-order valence-corrected chi connectivity index (χ4v) is 4.17. The van der Waals surface area contributed by atoms with Gasteiger partial charge >= 0.3 is 6.03 Å². The number of carbonyl (C=O) groups excluding carboxylic acids is 3. The van der Waals surface area contributed by atoms with E-state index >= 15 is 0 Å². The SMILES string of the molecule is C#Cc1ccc(NC(=O)N2CC(O)CC2C(=O)Nc2ccc(N3CCOCC3=O)c(C)c2)cc1. The van der Waals surface area contributed by atoms with Gasteiger partial charge in [0.15, 0.2) is 0 Å². The Balaban J connectivity index is 1.43. The Morgan fingerprint density at radius 1 is 1.15 bits per heavy atom. The lowest BCUT2D eigenvalue weighted by Crippen LogP contribution is -2.45. The number of benzene rings is 2. The molecule has 0 aliphatic carbocycles. The first-order valence-electron chi connectivity index (χ1n) is 11.0. The number of nitrogens with one attached hydrogen (secondary N) is 2. The van der Waals surface area contributed by atoms with E-state index in [0.29, 0.717) is 30.1 Å². The number of β-amino-alcohol motifs (C(OH)–C–C–N with tert-alkyl or cyclic N) is 1. The zero-order valence-electron chi connectivity index (χ0n) is 18.8. The Morgan fingerprint density at radius 3 is 2.56 bits per heavy atom. The van der Waals surface area contributed by atoms with Crippen LogP contribution in [-0.2, 0) is 14.3 Å². The first-order valence-corrected chi connectivity index (χ1v) is 11.0. The number of morpholine rings is 1. The molecule has 2 heterocycles. The Kier molecular flexibility index (Phi) is 6.82. The lowest BCUT2D eigenvalue weighted by molar-refractivity contribution is -0.125. The highest BCUT2D eigenvalue weighted by molar-refractivity contribution is 6.00. The Bertz CT molecular complexity index is 1140. The molecule has 0 spiro atoms. The van der Waals surface area contributed by atoms with Crippen LogP contribution in [0.5, 0.6) is 0 Å². The van der Waals surface area contributed by atoms with Gasteiger partial charge in [-0.1, -0.05) is 5.92 Å². The van der Waals surface area contributed by atoms with Gasteiger partial charge in [0.05, 0.1) is 12.7 Å². The number of urea groups is 1. The topological polar surface area (TPSA) is 111 Å². The van der Waals surface area contributed by atoms with E-state index in [4.69, 9.17) is 11.2 Å². The molecule has 2 aliphatic heterocycles. The number of hydrogen-bond donors (Lipinski definition) is 3. The molecule has 3 N–H and O–H groups in total. The highest BCUT2D eigenvalue weighted by Gasteiger charge is 2.39. The Morgan fingerprint density at radius 2 is 1.88 bits per heavy atom. The van der Waals surface area contributed by atoms with Crippen molar-refractivity contribution < 1.29 is 24.2 Å². The first kappa shape index (κ1) is 23.3. The molecule has 0 radical (unpaired) electrons. The maximum atomic E-state index is 13.0. The maximum Gasteiger partial charge on any atom is 0.322 e. The molecule has 4 amide bonds. The zero-order valence-corrected chi connectivity index (χ0v) is 18.8. The summed E-state index contributed by atoms with van der Waals surface area (Å²) in [5.74, 6) is 2.00. The van der Waals surface area contributed by atoms with Crippen LogP contribution in [0, 0.1) is 19.3 Å². The lowest BCUT2D eigenvalue weighted by atomic mass is 10.1. The second kappa shape index (κ2) is 9.95. The number of amides is 4. The number of terminal acetylenes is 1. The number of anilines is 3. The van der Waals surface area contributed by atoms with Crippen LogP contribution in [0.15, 0.2) is 42.5 Å². The fraction of sp³-hybridized carbons (Fsp3) is 0.320. The molecule has 0 aromatic heterocycles. The molecule has 2 saturated heterocycles. The summed E-state index contributed by atoms with van der Waals surface area (Å²) in [6.07, 6.45) is 4.68. The van der Waals surface area contributed by atoms with Crippen molar-refractivity contribution in [2.45, 2.75) is 25.5 Å². The van der Waals surface area contributed by atoms with Gasteiger partial charge in [-0.25, -0.2) is 4.79 Å².